The highest BCUT2D eigenvalue weighted by Crippen LogP contribution is 2.33. The van der Waals surface area contributed by atoms with Crippen molar-refractivity contribution in [2.24, 2.45) is 0 Å². The van der Waals surface area contributed by atoms with Crippen LogP contribution in [0.15, 0.2) is 41.8 Å². The van der Waals surface area contributed by atoms with Crippen molar-refractivity contribution in [3.05, 3.63) is 57.8 Å². The summed E-state index contributed by atoms with van der Waals surface area (Å²) in [5.74, 6) is -0.0309. The van der Waals surface area contributed by atoms with Gasteiger partial charge in [0, 0.05) is 10.4 Å². The quantitative estimate of drug-likeness (QED) is 0.600. The Hall–Kier alpha value is -2.47. The van der Waals surface area contributed by atoms with Crippen LogP contribution in [0.1, 0.15) is 65.7 Å². The van der Waals surface area contributed by atoms with E-state index in [1.807, 2.05) is 41.8 Å². The number of carbonyl (C=O) groups is 3. The topological polar surface area (TPSA) is 66.5 Å². The third kappa shape index (κ3) is 3.37. The van der Waals surface area contributed by atoms with Crippen LogP contribution in [0.4, 0.5) is 4.79 Å². The van der Waals surface area contributed by atoms with Gasteiger partial charge in [0.25, 0.3) is 5.91 Å². The van der Waals surface area contributed by atoms with Gasteiger partial charge in [-0.3, -0.25) is 14.5 Å². The van der Waals surface area contributed by atoms with Gasteiger partial charge in [-0.15, -0.1) is 11.3 Å². The monoisotopic (exact) mass is 396 g/mol. The predicted molar refractivity (Wildman–Crippen MR) is 109 cm³/mol. The zero-order valence-corrected chi connectivity index (χ0v) is 16.8. The summed E-state index contributed by atoms with van der Waals surface area (Å²) in [6.45, 7) is 1.44. The summed E-state index contributed by atoms with van der Waals surface area (Å²) in [7, 11) is 0. The molecule has 6 heteroatoms. The standard InChI is InChI=1S/C22H24N2O3S/c1-22(19-8-5-13-28-19)20(26)24(21(27)23-22)14-18(25)17-11-9-16(10-12-17)15-6-3-2-4-7-15/h5,8-13,15H,2-4,6-7,14H2,1H3,(H,23,27). The van der Waals surface area contributed by atoms with Crippen LogP contribution in [0.25, 0.3) is 0 Å². The number of carbonyl (C=O) groups excluding carboxylic acids is 3. The van der Waals surface area contributed by atoms with E-state index in [9.17, 15) is 14.4 Å². The lowest BCUT2D eigenvalue weighted by molar-refractivity contribution is -0.130. The molecule has 0 bridgehead atoms. The number of nitrogens with one attached hydrogen (secondary N) is 1. The molecule has 2 aromatic rings. The van der Waals surface area contributed by atoms with Crippen molar-refractivity contribution in [2.45, 2.75) is 50.5 Å². The van der Waals surface area contributed by atoms with Crippen LogP contribution in [0.2, 0.25) is 0 Å². The molecule has 146 valence electrons. The van der Waals surface area contributed by atoms with E-state index in [-0.39, 0.29) is 18.2 Å². The summed E-state index contributed by atoms with van der Waals surface area (Å²) in [4.78, 5) is 39.7. The average Bonchev–Trinajstić information content (AvgIpc) is 3.33. The minimum absolute atomic E-state index is 0.228. The van der Waals surface area contributed by atoms with E-state index in [4.69, 9.17) is 0 Å². The normalized spacial score (nSPS) is 23.1. The molecular weight excluding hydrogens is 372 g/mol. The van der Waals surface area contributed by atoms with Crippen molar-refractivity contribution < 1.29 is 14.4 Å². The van der Waals surface area contributed by atoms with Gasteiger partial charge in [-0.25, -0.2) is 4.79 Å². The molecule has 1 aliphatic heterocycles. The number of hydrogen-bond donors (Lipinski definition) is 1. The number of rotatable bonds is 5. The van der Waals surface area contributed by atoms with Gasteiger partial charge in [-0.2, -0.15) is 0 Å². The van der Waals surface area contributed by atoms with Gasteiger partial charge in [0.05, 0.1) is 6.54 Å². The molecule has 0 radical (unpaired) electrons. The lowest BCUT2D eigenvalue weighted by Crippen LogP contribution is -2.40. The first-order valence-electron chi connectivity index (χ1n) is 9.80. The van der Waals surface area contributed by atoms with E-state index in [1.165, 1.54) is 49.0 Å². The van der Waals surface area contributed by atoms with Crippen molar-refractivity contribution >= 4 is 29.1 Å². The number of nitrogens with zero attached hydrogens (tertiary/aromatic N) is 1. The number of hydrogen-bond acceptors (Lipinski definition) is 4. The molecule has 1 aromatic carbocycles. The molecule has 1 saturated carbocycles. The van der Waals surface area contributed by atoms with E-state index >= 15 is 0 Å². The molecule has 3 amide bonds. The van der Waals surface area contributed by atoms with Gasteiger partial charge in [0.1, 0.15) is 0 Å². The number of imide groups is 1. The fraction of sp³-hybridized carbons (Fsp3) is 0.409. The maximum Gasteiger partial charge on any atom is 0.325 e. The molecule has 2 aliphatic rings. The summed E-state index contributed by atoms with van der Waals surface area (Å²) in [5, 5.41) is 4.60. The molecular formula is C22H24N2O3S. The van der Waals surface area contributed by atoms with E-state index in [0.717, 1.165) is 9.78 Å². The molecule has 1 aromatic heterocycles. The van der Waals surface area contributed by atoms with Crippen LogP contribution >= 0.6 is 11.3 Å². The van der Waals surface area contributed by atoms with Crippen LogP contribution in [-0.4, -0.2) is 29.2 Å². The molecule has 1 saturated heterocycles. The summed E-state index contributed by atoms with van der Waals surface area (Å²) < 4.78 is 0. The second-order valence-corrected chi connectivity index (χ2v) is 8.75. The molecule has 2 fully saturated rings. The largest absolute Gasteiger partial charge is 0.325 e. The fourth-order valence-corrected chi connectivity index (χ4v) is 5.02. The lowest BCUT2D eigenvalue weighted by atomic mass is 9.84. The van der Waals surface area contributed by atoms with Crippen LogP contribution < -0.4 is 5.32 Å². The van der Waals surface area contributed by atoms with Crippen LogP contribution in [-0.2, 0) is 10.3 Å². The molecule has 5 nitrogen and oxygen atoms in total. The first-order chi connectivity index (χ1) is 13.5. The van der Waals surface area contributed by atoms with E-state index in [2.05, 4.69) is 5.32 Å². The third-order valence-electron chi connectivity index (χ3n) is 5.90. The highest BCUT2D eigenvalue weighted by molar-refractivity contribution is 7.10. The van der Waals surface area contributed by atoms with Gasteiger partial charge >= 0.3 is 6.03 Å². The predicted octanol–water partition coefficient (Wildman–Crippen LogP) is 4.45. The number of benzene rings is 1. The zero-order valence-electron chi connectivity index (χ0n) is 15.9. The van der Waals surface area contributed by atoms with Crippen molar-refractivity contribution in [1.29, 1.82) is 0 Å². The average molecular weight is 397 g/mol. The Balaban J connectivity index is 1.46. The molecule has 1 atom stereocenters. The summed E-state index contributed by atoms with van der Waals surface area (Å²) in [5.41, 5.74) is 0.706. The van der Waals surface area contributed by atoms with Crippen molar-refractivity contribution in [3.63, 3.8) is 0 Å². The highest BCUT2D eigenvalue weighted by atomic mass is 32.1. The Labute approximate surface area is 168 Å². The number of urea groups is 1. The molecule has 1 unspecified atom stereocenters. The van der Waals surface area contributed by atoms with E-state index in [1.54, 1.807) is 6.92 Å². The summed E-state index contributed by atoms with van der Waals surface area (Å²) >= 11 is 1.41. The Kier molecular flexibility index (Phi) is 5.06. The Bertz CT molecular complexity index is 885. The molecule has 2 heterocycles. The van der Waals surface area contributed by atoms with Gasteiger partial charge in [-0.05, 0) is 42.7 Å². The second-order valence-electron chi connectivity index (χ2n) is 7.80. The minimum atomic E-state index is -1.10. The number of Topliss-reactive ketones (excluding diaryl/α,β-unsaturated/α-hetero) is 1. The molecule has 28 heavy (non-hydrogen) atoms. The van der Waals surface area contributed by atoms with E-state index in [0.29, 0.717) is 11.5 Å². The maximum atomic E-state index is 12.9. The fourth-order valence-electron chi connectivity index (χ4n) is 4.18. The van der Waals surface area contributed by atoms with Crippen LogP contribution in [0.5, 0.6) is 0 Å². The first kappa shape index (κ1) is 18.9. The molecule has 1 N–H and O–H groups in total. The lowest BCUT2D eigenvalue weighted by Gasteiger charge is -2.22. The molecule has 4 rings (SSSR count). The smallest absolute Gasteiger partial charge is 0.319 e. The minimum Gasteiger partial charge on any atom is -0.319 e. The van der Waals surface area contributed by atoms with Crippen LogP contribution in [0.3, 0.4) is 0 Å². The maximum absolute atomic E-state index is 12.9. The number of ketones is 1. The Morgan fingerprint density at radius 1 is 1.14 bits per heavy atom. The third-order valence-corrected chi connectivity index (χ3v) is 6.99. The summed E-state index contributed by atoms with van der Waals surface area (Å²) in [6, 6.07) is 10.8. The highest BCUT2D eigenvalue weighted by Gasteiger charge is 2.50. The van der Waals surface area contributed by atoms with Gasteiger partial charge in [0.2, 0.25) is 0 Å². The van der Waals surface area contributed by atoms with Crippen LogP contribution in [0, 0.1) is 0 Å². The van der Waals surface area contributed by atoms with Crippen molar-refractivity contribution in [3.8, 4) is 0 Å². The van der Waals surface area contributed by atoms with E-state index < -0.39 is 11.6 Å². The zero-order chi connectivity index (χ0) is 19.7. The molecule has 1 aliphatic carbocycles. The van der Waals surface area contributed by atoms with Gasteiger partial charge < -0.3 is 5.32 Å². The number of thiophene rings is 1. The van der Waals surface area contributed by atoms with Gasteiger partial charge in [-0.1, -0.05) is 49.6 Å². The van der Waals surface area contributed by atoms with Crippen molar-refractivity contribution in [1.82, 2.24) is 10.2 Å². The van der Waals surface area contributed by atoms with Crippen molar-refractivity contribution in [2.75, 3.05) is 6.54 Å². The van der Waals surface area contributed by atoms with Gasteiger partial charge in [0.15, 0.2) is 11.3 Å². The SMILES string of the molecule is CC1(c2cccs2)NC(=O)N(CC(=O)c2ccc(C3CCCCC3)cc2)C1=O. The Morgan fingerprint density at radius 3 is 2.50 bits per heavy atom. The first-order valence-corrected chi connectivity index (χ1v) is 10.7. The molecule has 0 spiro atoms. The Morgan fingerprint density at radius 2 is 1.86 bits per heavy atom. The second kappa shape index (κ2) is 7.51. The number of amides is 3. The summed E-state index contributed by atoms with van der Waals surface area (Å²) in [6.07, 6.45) is 6.25.